The van der Waals surface area contributed by atoms with Crippen molar-refractivity contribution in [1.29, 1.82) is 0 Å². The number of benzene rings is 1. The minimum atomic E-state index is -0.0208. The fourth-order valence-electron chi connectivity index (χ4n) is 0.535. The molecule has 49 valence electrons. The van der Waals surface area contributed by atoms with Gasteiger partial charge in [-0.05, 0) is 0 Å². The topological polar surface area (TPSA) is 37.3 Å². The maximum Gasteiger partial charge on any atom is 0.0690 e. The molecule has 1 aromatic carbocycles. The Bertz CT molecular complexity index is 223. The van der Waals surface area contributed by atoms with Gasteiger partial charge in [0.1, 0.15) is 0 Å². The van der Waals surface area contributed by atoms with Crippen molar-refractivity contribution < 1.29 is 42.6 Å². The molecule has 0 spiro atoms. The summed E-state index contributed by atoms with van der Waals surface area (Å²) in [5.41, 5.74) is 0.206. The van der Waals surface area contributed by atoms with Gasteiger partial charge in [-0.2, -0.15) is 0 Å². The van der Waals surface area contributed by atoms with Gasteiger partial charge in [-0.3, -0.25) is 0 Å². The second kappa shape index (κ2) is 4.58. The third kappa shape index (κ3) is 2.20. The van der Waals surface area contributed by atoms with E-state index in [1.54, 1.807) is 12.1 Å². The summed E-state index contributed by atoms with van der Waals surface area (Å²) in [6.45, 7) is 0. The standard InChI is InChI=1S/C7H5O2.Y/c8-5-6-3-1-2-4-7(6)9;/h1-2,4-5,9H;/q-1;. The van der Waals surface area contributed by atoms with E-state index in [2.05, 4.69) is 6.07 Å². The SMILES string of the molecule is O=Cc1[c-]cccc1O.[Y]. The van der Waals surface area contributed by atoms with Crippen LogP contribution in [0.15, 0.2) is 18.2 Å². The van der Waals surface area contributed by atoms with Gasteiger partial charge in [-0.25, -0.2) is 0 Å². The first kappa shape index (κ1) is 9.79. The monoisotopic (exact) mass is 210 g/mol. The summed E-state index contributed by atoms with van der Waals surface area (Å²) >= 11 is 0. The maximum absolute atomic E-state index is 10.0. The van der Waals surface area contributed by atoms with Gasteiger partial charge in [0, 0.05) is 38.5 Å². The van der Waals surface area contributed by atoms with E-state index in [1.807, 2.05) is 0 Å². The molecule has 0 heterocycles. The van der Waals surface area contributed by atoms with E-state index < -0.39 is 0 Å². The van der Waals surface area contributed by atoms with Gasteiger partial charge in [-0.15, -0.1) is 24.3 Å². The Morgan fingerprint density at radius 3 is 2.70 bits per heavy atom. The first-order chi connectivity index (χ1) is 4.34. The van der Waals surface area contributed by atoms with Gasteiger partial charge in [0.15, 0.2) is 0 Å². The quantitative estimate of drug-likeness (QED) is 0.554. The number of phenols is 1. The third-order valence-electron chi connectivity index (χ3n) is 0.983. The van der Waals surface area contributed by atoms with Crippen LogP contribution in [-0.4, -0.2) is 11.4 Å². The second-order valence-corrected chi connectivity index (χ2v) is 1.59. The van der Waals surface area contributed by atoms with Crippen LogP contribution in [0.3, 0.4) is 0 Å². The summed E-state index contributed by atoms with van der Waals surface area (Å²) in [5, 5.41) is 8.85. The molecule has 0 atom stereocenters. The zero-order valence-electron chi connectivity index (χ0n) is 5.24. The summed E-state index contributed by atoms with van der Waals surface area (Å²) in [6, 6.07) is 7.20. The van der Waals surface area contributed by atoms with Crippen molar-refractivity contribution in [1.82, 2.24) is 0 Å². The zero-order chi connectivity index (χ0) is 6.69. The number of hydrogen-bond donors (Lipinski definition) is 1. The molecule has 0 aliphatic rings. The molecule has 0 saturated carbocycles. The average Bonchev–Trinajstić information content (AvgIpc) is 1.89. The van der Waals surface area contributed by atoms with Crippen LogP contribution in [0.4, 0.5) is 0 Å². The maximum atomic E-state index is 10.0. The Morgan fingerprint density at radius 2 is 2.30 bits per heavy atom. The van der Waals surface area contributed by atoms with Gasteiger partial charge >= 0.3 is 0 Å². The van der Waals surface area contributed by atoms with Crippen LogP contribution in [-0.2, 0) is 32.7 Å². The van der Waals surface area contributed by atoms with Gasteiger partial charge in [0.05, 0.1) is 6.29 Å². The van der Waals surface area contributed by atoms with Crippen molar-refractivity contribution in [3.05, 3.63) is 29.8 Å². The summed E-state index contributed by atoms with van der Waals surface area (Å²) in [5.74, 6) is -0.0208. The van der Waals surface area contributed by atoms with Crippen LogP contribution in [0.25, 0.3) is 0 Å². The molecule has 0 fully saturated rings. The summed E-state index contributed by atoms with van der Waals surface area (Å²) in [7, 11) is 0. The molecule has 0 bridgehead atoms. The van der Waals surface area contributed by atoms with Crippen molar-refractivity contribution in [2.24, 2.45) is 0 Å². The first-order valence-corrected chi connectivity index (χ1v) is 2.49. The van der Waals surface area contributed by atoms with E-state index in [4.69, 9.17) is 5.11 Å². The normalized spacial score (nSPS) is 8.00. The molecule has 2 nitrogen and oxygen atoms in total. The van der Waals surface area contributed by atoms with Crippen LogP contribution < -0.4 is 0 Å². The van der Waals surface area contributed by atoms with Crippen molar-refractivity contribution >= 4 is 6.29 Å². The van der Waals surface area contributed by atoms with Crippen LogP contribution in [0.5, 0.6) is 5.75 Å². The van der Waals surface area contributed by atoms with E-state index >= 15 is 0 Å². The molecule has 1 aromatic rings. The van der Waals surface area contributed by atoms with Crippen LogP contribution in [0, 0.1) is 6.07 Å². The molecule has 0 aromatic heterocycles. The molecule has 0 saturated heterocycles. The van der Waals surface area contributed by atoms with E-state index in [1.165, 1.54) is 6.07 Å². The van der Waals surface area contributed by atoms with Crippen LogP contribution in [0.1, 0.15) is 10.4 Å². The number of phenolic OH excluding ortho intramolecular Hbond substituents is 1. The smallest absolute Gasteiger partial charge is 0.0690 e. The van der Waals surface area contributed by atoms with E-state index in [0.717, 1.165) is 0 Å². The van der Waals surface area contributed by atoms with E-state index in [0.29, 0.717) is 6.29 Å². The molecular weight excluding hydrogens is 205 g/mol. The molecule has 1 rings (SSSR count). The van der Waals surface area contributed by atoms with Crippen LogP contribution in [0.2, 0.25) is 0 Å². The van der Waals surface area contributed by atoms with E-state index in [9.17, 15) is 4.79 Å². The Labute approximate surface area is 84.1 Å². The van der Waals surface area contributed by atoms with Gasteiger partial charge < -0.3 is 9.90 Å². The molecular formula is C7H5O2Y-. The summed E-state index contributed by atoms with van der Waals surface area (Å²) < 4.78 is 0. The largest absolute Gasteiger partial charge is 0.552 e. The second-order valence-electron chi connectivity index (χ2n) is 1.59. The zero-order valence-corrected chi connectivity index (χ0v) is 8.08. The number of aldehydes is 1. The van der Waals surface area contributed by atoms with Gasteiger partial charge in [0.2, 0.25) is 0 Å². The Kier molecular flexibility index (Phi) is 4.49. The predicted octanol–water partition coefficient (Wildman–Crippen LogP) is 1.00. The van der Waals surface area contributed by atoms with Crippen molar-refractivity contribution in [3.63, 3.8) is 0 Å². The number of hydrogen-bond acceptors (Lipinski definition) is 2. The fourth-order valence-corrected chi connectivity index (χ4v) is 0.535. The number of rotatable bonds is 1. The first-order valence-electron chi connectivity index (χ1n) is 2.49. The van der Waals surface area contributed by atoms with Gasteiger partial charge in [-0.1, -0.05) is 5.56 Å². The Morgan fingerprint density at radius 1 is 1.60 bits per heavy atom. The van der Waals surface area contributed by atoms with Crippen LogP contribution >= 0.6 is 0 Å². The van der Waals surface area contributed by atoms with Crippen molar-refractivity contribution in [2.45, 2.75) is 0 Å². The summed E-state index contributed by atoms with van der Waals surface area (Å²) in [4.78, 5) is 10.0. The van der Waals surface area contributed by atoms with Crippen molar-refractivity contribution in [3.8, 4) is 5.75 Å². The average molecular weight is 210 g/mol. The predicted molar refractivity (Wildman–Crippen MR) is 32.3 cm³/mol. The molecule has 1 radical (unpaired) electrons. The minimum Gasteiger partial charge on any atom is -0.552 e. The Balaban J connectivity index is 0.000000810. The molecule has 0 aliphatic carbocycles. The number of carbonyl (C=O) groups is 1. The molecule has 0 aliphatic heterocycles. The van der Waals surface area contributed by atoms with Crippen molar-refractivity contribution in [2.75, 3.05) is 0 Å². The molecule has 1 N–H and O–H groups in total. The van der Waals surface area contributed by atoms with Gasteiger partial charge in [0.25, 0.3) is 0 Å². The summed E-state index contributed by atoms with van der Waals surface area (Å²) in [6.07, 6.45) is 0.565. The molecule has 3 heteroatoms. The third-order valence-corrected chi connectivity index (χ3v) is 0.983. The molecule has 0 unspecified atom stereocenters. The molecule has 0 amide bonds. The molecule has 10 heavy (non-hydrogen) atoms. The van der Waals surface area contributed by atoms with E-state index in [-0.39, 0.29) is 44.0 Å². The minimum absolute atomic E-state index is 0. The number of carbonyl (C=O) groups excluding carboxylic acids is 1. The fraction of sp³-hybridized carbons (Fsp3) is 0. The Hall–Kier alpha value is -0.206. The number of aromatic hydroxyl groups is 1.